The first-order chi connectivity index (χ1) is 6.88. The molecule has 0 bridgehead atoms. The molecule has 1 heterocycles. The summed E-state index contributed by atoms with van der Waals surface area (Å²) in [7, 11) is 0. The molecule has 0 atom stereocenters. The second-order valence-electron chi connectivity index (χ2n) is 4.02. The van der Waals surface area contributed by atoms with Gasteiger partial charge in [-0.1, -0.05) is 0 Å². The van der Waals surface area contributed by atoms with Crippen molar-refractivity contribution in [3.63, 3.8) is 0 Å². The third-order valence-electron chi connectivity index (χ3n) is 1.98. The first-order valence-corrected chi connectivity index (χ1v) is 6.07. The third-order valence-corrected chi connectivity index (χ3v) is 3.93. The molecule has 0 aliphatic carbocycles. The number of nitrogens with zero attached hydrogens (tertiary/aromatic N) is 1. The summed E-state index contributed by atoms with van der Waals surface area (Å²) in [6, 6.07) is 3.34. The van der Waals surface area contributed by atoms with E-state index in [1.807, 2.05) is 13.8 Å². The molecule has 0 aliphatic heterocycles. The summed E-state index contributed by atoms with van der Waals surface area (Å²) in [6.45, 7) is 3.83. The van der Waals surface area contributed by atoms with Crippen LogP contribution in [-0.4, -0.2) is 10.1 Å². The van der Waals surface area contributed by atoms with Crippen molar-refractivity contribution in [1.29, 1.82) is 0 Å². The number of fused-ring (bicyclic) bond motifs is 1. The maximum Gasteiger partial charge on any atom is 0.118 e. The lowest BCUT2D eigenvalue weighted by atomic mass is 10.1. The molecular weight excluding hydrogens is 276 g/mol. The van der Waals surface area contributed by atoms with Crippen LogP contribution in [0.15, 0.2) is 16.6 Å². The van der Waals surface area contributed by atoms with E-state index >= 15 is 0 Å². The molecule has 0 saturated carbocycles. The van der Waals surface area contributed by atoms with Crippen LogP contribution in [0, 0.1) is 0 Å². The lowest BCUT2D eigenvalue weighted by Crippen LogP contribution is -2.28. The number of rotatable bonds is 1. The normalized spacial score (nSPS) is 12.3. The number of halogens is 1. The van der Waals surface area contributed by atoms with E-state index in [0.29, 0.717) is 0 Å². The van der Waals surface area contributed by atoms with E-state index in [-0.39, 0.29) is 5.75 Å². The molecule has 1 aromatic heterocycles. The predicted molar refractivity (Wildman–Crippen MR) is 66.2 cm³/mol. The Morgan fingerprint density at radius 1 is 1.47 bits per heavy atom. The molecule has 0 fully saturated rings. The summed E-state index contributed by atoms with van der Waals surface area (Å²) >= 11 is 4.88. The number of hydrogen-bond donors (Lipinski definition) is 2. The molecule has 3 N–H and O–H groups in total. The topological polar surface area (TPSA) is 59.1 Å². The zero-order valence-corrected chi connectivity index (χ0v) is 10.8. The SMILES string of the molecule is CC(C)(N)c1nc2c(Br)cc(O)cc2s1. The van der Waals surface area contributed by atoms with Crippen LogP contribution in [0.4, 0.5) is 0 Å². The zero-order valence-electron chi connectivity index (χ0n) is 8.41. The lowest BCUT2D eigenvalue weighted by Gasteiger charge is -2.13. The summed E-state index contributed by atoms with van der Waals surface area (Å²) < 4.78 is 1.74. The van der Waals surface area contributed by atoms with Crippen molar-refractivity contribution in [2.75, 3.05) is 0 Å². The van der Waals surface area contributed by atoms with Crippen molar-refractivity contribution in [2.24, 2.45) is 5.73 Å². The van der Waals surface area contributed by atoms with Crippen LogP contribution in [0.1, 0.15) is 18.9 Å². The molecule has 2 rings (SSSR count). The molecule has 2 aromatic rings. The Balaban J connectivity index is 2.71. The van der Waals surface area contributed by atoms with E-state index in [9.17, 15) is 5.11 Å². The molecule has 80 valence electrons. The van der Waals surface area contributed by atoms with Gasteiger partial charge in [0.15, 0.2) is 0 Å². The average Bonchev–Trinajstić information content (AvgIpc) is 2.46. The molecule has 3 nitrogen and oxygen atoms in total. The fourth-order valence-corrected chi connectivity index (χ4v) is 2.96. The van der Waals surface area contributed by atoms with E-state index < -0.39 is 5.54 Å². The Labute approximate surface area is 100 Å². The van der Waals surface area contributed by atoms with Crippen molar-refractivity contribution >= 4 is 37.5 Å². The van der Waals surface area contributed by atoms with Gasteiger partial charge in [-0.2, -0.15) is 0 Å². The van der Waals surface area contributed by atoms with Crippen LogP contribution in [0.25, 0.3) is 10.2 Å². The number of phenolic OH excluding ortho intramolecular Hbond substituents is 1. The number of thiazole rings is 1. The zero-order chi connectivity index (χ0) is 11.2. The van der Waals surface area contributed by atoms with Gasteiger partial charge in [0.2, 0.25) is 0 Å². The minimum absolute atomic E-state index is 0.236. The maximum absolute atomic E-state index is 9.44. The van der Waals surface area contributed by atoms with Crippen LogP contribution in [0.5, 0.6) is 5.75 Å². The van der Waals surface area contributed by atoms with Gasteiger partial charge in [0.25, 0.3) is 0 Å². The Morgan fingerprint density at radius 3 is 2.73 bits per heavy atom. The summed E-state index contributed by atoms with van der Waals surface area (Å²) in [5.74, 6) is 0.236. The Bertz CT molecular complexity index is 516. The number of aromatic nitrogens is 1. The molecule has 15 heavy (non-hydrogen) atoms. The summed E-state index contributed by atoms with van der Waals surface area (Å²) in [6.07, 6.45) is 0. The van der Waals surface area contributed by atoms with Crippen molar-refractivity contribution in [3.8, 4) is 5.75 Å². The quantitative estimate of drug-likeness (QED) is 0.847. The van der Waals surface area contributed by atoms with Gasteiger partial charge in [-0.05, 0) is 41.9 Å². The molecule has 0 unspecified atom stereocenters. The van der Waals surface area contributed by atoms with Gasteiger partial charge in [0.1, 0.15) is 10.8 Å². The molecule has 0 amide bonds. The number of hydrogen-bond acceptors (Lipinski definition) is 4. The molecule has 0 aliphatic rings. The molecule has 0 radical (unpaired) electrons. The molecule has 0 spiro atoms. The van der Waals surface area contributed by atoms with E-state index in [0.717, 1.165) is 19.7 Å². The lowest BCUT2D eigenvalue weighted by molar-refractivity contribution is 0.476. The standard InChI is InChI=1S/C10H11BrN2OS/c1-10(2,12)9-13-8-6(11)3-5(14)4-7(8)15-9/h3-4,14H,12H2,1-2H3. The molecule has 5 heteroatoms. The number of benzene rings is 1. The van der Waals surface area contributed by atoms with E-state index in [2.05, 4.69) is 20.9 Å². The van der Waals surface area contributed by atoms with Crippen LogP contribution >= 0.6 is 27.3 Å². The van der Waals surface area contributed by atoms with Gasteiger partial charge < -0.3 is 10.8 Å². The van der Waals surface area contributed by atoms with Crippen LogP contribution < -0.4 is 5.73 Å². The van der Waals surface area contributed by atoms with E-state index in [1.54, 1.807) is 12.1 Å². The minimum Gasteiger partial charge on any atom is -0.508 e. The van der Waals surface area contributed by atoms with Gasteiger partial charge >= 0.3 is 0 Å². The first kappa shape index (κ1) is 10.9. The van der Waals surface area contributed by atoms with Gasteiger partial charge in [-0.15, -0.1) is 11.3 Å². The minimum atomic E-state index is -0.446. The monoisotopic (exact) mass is 286 g/mol. The number of phenols is 1. The highest BCUT2D eigenvalue weighted by Crippen LogP contribution is 2.35. The van der Waals surface area contributed by atoms with Gasteiger partial charge in [0, 0.05) is 4.47 Å². The van der Waals surface area contributed by atoms with E-state index in [1.165, 1.54) is 11.3 Å². The fraction of sp³-hybridized carbons (Fsp3) is 0.300. The van der Waals surface area contributed by atoms with Gasteiger partial charge in [-0.25, -0.2) is 4.98 Å². The van der Waals surface area contributed by atoms with Gasteiger partial charge in [0.05, 0.1) is 15.8 Å². The summed E-state index contributed by atoms with van der Waals surface area (Å²) in [5, 5.41) is 10.3. The second-order valence-corrected chi connectivity index (χ2v) is 5.90. The molecule has 1 aromatic carbocycles. The summed E-state index contributed by atoms with van der Waals surface area (Å²) in [4.78, 5) is 4.46. The highest BCUT2D eigenvalue weighted by Gasteiger charge is 2.20. The number of aromatic hydroxyl groups is 1. The van der Waals surface area contributed by atoms with Crippen LogP contribution in [-0.2, 0) is 5.54 Å². The first-order valence-electron chi connectivity index (χ1n) is 4.46. The largest absolute Gasteiger partial charge is 0.508 e. The van der Waals surface area contributed by atoms with Crippen molar-refractivity contribution in [1.82, 2.24) is 4.98 Å². The van der Waals surface area contributed by atoms with Crippen LogP contribution in [0.2, 0.25) is 0 Å². The van der Waals surface area contributed by atoms with Crippen molar-refractivity contribution < 1.29 is 5.11 Å². The number of nitrogens with two attached hydrogens (primary N) is 1. The smallest absolute Gasteiger partial charge is 0.118 e. The Hall–Kier alpha value is -0.650. The Morgan fingerprint density at radius 2 is 2.13 bits per heavy atom. The molecular formula is C10H11BrN2OS. The van der Waals surface area contributed by atoms with Crippen molar-refractivity contribution in [2.45, 2.75) is 19.4 Å². The molecule has 0 saturated heterocycles. The second kappa shape index (κ2) is 3.43. The van der Waals surface area contributed by atoms with E-state index in [4.69, 9.17) is 5.73 Å². The summed E-state index contributed by atoms with van der Waals surface area (Å²) in [5.41, 5.74) is 6.39. The maximum atomic E-state index is 9.44. The highest BCUT2D eigenvalue weighted by atomic mass is 79.9. The highest BCUT2D eigenvalue weighted by molar-refractivity contribution is 9.10. The Kier molecular flexibility index (Phi) is 2.48. The predicted octanol–water partition coefficient (Wildman–Crippen LogP) is 2.96. The third kappa shape index (κ3) is 2.00. The van der Waals surface area contributed by atoms with Gasteiger partial charge in [-0.3, -0.25) is 0 Å². The fourth-order valence-electron chi connectivity index (χ4n) is 1.25. The van der Waals surface area contributed by atoms with Crippen molar-refractivity contribution in [3.05, 3.63) is 21.6 Å². The van der Waals surface area contributed by atoms with Crippen LogP contribution in [0.3, 0.4) is 0 Å². The average molecular weight is 287 g/mol.